The van der Waals surface area contributed by atoms with E-state index < -0.39 is 23.8 Å². The molecule has 0 aliphatic heterocycles. The average Bonchev–Trinajstić information content (AvgIpc) is 2.41. The molecule has 0 amide bonds. The van der Waals surface area contributed by atoms with Crippen molar-refractivity contribution in [2.24, 2.45) is 11.8 Å². The first-order chi connectivity index (χ1) is 9.00. The molecule has 2 N–H and O–H groups in total. The van der Waals surface area contributed by atoms with Crippen LogP contribution in [0, 0.1) is 17.7 Å². The van der Waals surface area contributed by atoms with Crippen molar-refractivity contribution in [2.45, 2.75) is 18.9 Å². The molecular weight excluding hydrogens is 315 g/mol. The summed E-state index contributed by atoms with van der Waals surface area (Å²) in [4.78, 5) is 11.2. The highest BCUT2D eigenvalue weighted by Gasteiger charge is 2.34. The predicted molar refractivity (Wildman–Crippen MR) is 72.0 cm³/mol. The van der Waals surface area contributed by atoms with Gasteiger partial charge in [0.2, 0.25) is 0 Å². The van der Waals surface area contributed by atoms with E-state index in [1.54, 1.807) is 0 Å². The molecule has 5 heteroatoms. The molecular formula is C14H14BrFO3. The molecule has 0 saturated heterocycles. The number of aliphatic hydroxyl groups is 1. The Labute approximate surface area is 118 Å². The van der Waals surface area contributed by atoms with E-state index in [0.29, 0.717) is 18.4 Å². The quantitative estimate of drug-likeness (QED) is 0.837. The van der Waals surface area contributed by atoms with Crippen molar-refractivity contribution in [2.75, 3.05) is 0 Å². The lowest BCUT2D eigenvalue weighted by atomic mass is 9.77. The van der Waals surface area contributed by atoms with E-state index in [0.717, 1.165) is 0 Å². The summed E-state index contributed by atoms with van der Waals surface area (Å²) in [7, 11) is 0. The molecule has 3 nitrogen and oxygen atoms in total. The van der Waals surface area contributed by atoms with E-state index >= 15 is 0 Å². The van der Waals surface area contributed by atoms with Crippen LogP contribution < -0.4 is 0 Å². The summed E-state index contributed by atoms with van der Waals surface area (Å²) >= 11 is 3.07. The molecule has 3 atom stereocenters. The number of carboxylic acid groups (broad SMARTS) is 1. The van der Waals surface area contributed by atoms with E-state index in [1.807, 2.05) is 12.2 Å². The van der Waals surface area contributed by atoms with Gasteiger partial charge in [-0.05, 0) is 46.5 Å². The molecule has 3 unspecified atom stereocenters. The van der Waals surface area contributed by atoms with Gasteiger partial charge in [-0.1, -0.05) is 18.2 Å². The normalized spacial score (nSPS) is 24.2. The van der Waals surface area contributed by atoms with Crippen molar-refractivity contribution >= 4 is 21.9 Å². The van der Waals surface area contributed by atoms with Gasteiger partial charge in [-0.15, -0.1) is 0 Å². The fourth-order valence-electron chi connectivity index (χ4n) is 2.41. The smallest absolute Gasteiger partial charge is 0.307 e. The number of allylic oxidation sites excluding steroid dienone is 2. The fourth-order valence-corrected chi connectivity index (χ4v) is 2.81. The molecule has 0 aromatic heterocycles. The largest absolute Gasteiger partial charge is 0.481 e. The van der Waals surface area contributed by atoms with Gasteiger partial charge in [-0.2, -0.15) is 0 Å². The topological polar surface area (TPSA) is 57.5 Å². The number of carboxylic acids is 1. The number of carbonyl (C=O) groups is 1. The van der Waals surface area contributed by atoms with Gasteiger partial charge in [-0.3, -0.25) is 4.79 Å². The molecule has 19 heavy (non-hydrogen) atoms. The van der Waals surface area contributed by atoms with Crippen LogP contribution in [0.5, 0.6) is 0 Å². The Bertz CT molecular complexity index is 515. The molecule has 0 bridgehead atoms. The lowest BCUT2D eigenvalue weighted by Crippen LogP contribution is -2.29. The first kappa shape index (κ1) is 14.2. The highest BCUT2D eigenvalue weighted by molar-refractivity contribution is 9.10. The lowest BCUT2D eigenvalue weighted by molar-refractivity contribution is -0.145. The van der Waals surface area contributed by atoms with Crippen LogP contribution in [0.15, 0.2) is 34.8 Å². The number of aliphatic carboxylic acids is 1. The van der Waals surface area contributed by atoms with Crippen molar-refractivity contribution in [3.63, 3.8) is 0 Å². The second-order valence-corrected chi connectivity index (χ2v) is 5.52. The maximum absolute atomic E-state index is 13.2. The van der Waals surface area contributed by atoms with Crippen LogP contribution in [0.4, 0.5) is 4.39 Å². The molecule has 1 aliphatic rings. The maximum Gasteiger partial charge on any atom is 0.307 e. The second kappa shape index (κ2) is 5.84. The van der Waals surface area contributed by atoms with Crippen molar-refractivity contribution < 1.29 is 19.4 Å². The molecule has 1 aromatic carbocycles. The van der Waals surface area contributed by atoms with Crippen LogP contribution in [0.25, 0.3) is 0 Å². The monoisotopic (exact) mass is 328 g/mol. The van der Waals surface area contributed by atoms with Gasteiger partial charge in [-0.25, -0.2) is 4.39 Å². The Morgan fingerprint density at radius 3 is 2.68 bits per heavy atom. The third-order valence-corrected chi connectivity index (χ3v) is 4.10. The van der Waals surface area contributed by atoms with Crippen molar-refractivity contribution in [1.82, 2.24) is 0 Å². The van der Waals surface area contributed by atoms with Crippen LogP contribution in [0.2, 0.25) is 0 Å². The fraction of sp³-hybridized carbons (Fsp3) is 0.357. The highest BCUT2D eigenvalue weighted by Crippen LogP contribution is 2.37. The molecule has 102 valence electrons. The number of halogens is 2. The summed E-state index contributed by atoms with van der Waals surface area (Å²) in [6, 6.07) is 4.25. The second-order valence-electron chi connectivity index (χ2n) is 4.67. The van der Waals surface area contributed by atoms with E-state index in [4.69, 9.17) is 0 Å². The molecule has 0 saturated carbocycles. The molecule has 0 radical (unpaired) electrons. The predicted octanol–water partition coefficient (Wildman–Crippen LogP) is 3.29. The Balaban J connectivity index is 2.26. The Morgan fingerprint density at radius 1 is 1.37 bits per heavy atom. The lowest BCUT2D eigenvalue weighted by Gasteiger charge is -2.29. The van der Waals surface area contributed by atoms with Crippen molar-refractivity contribution in [3.05, 3.63) is 46.2 Å². The summed E-state index contributed by atoms with van der Waals surface area (Å²) in [6.45, 7) is 0. The average molecular weight is 329 g/mol. The molecule has 1 aromatic rings. The third kappa shape index (κ3) is 3.04. The Kier molecular flexibility index (Phi) is 4.37. The summed E-state index contributed by atoms with van der Waals surface area (Å²) in [5.41, 5.74) is 0.528. The Morgan fingerprint density at radius 2 is 2.05 bits per heavy atom. The van der Waals surface area contributed by atoms with Gasteiger partial charge in [0.15, 0.2) is 0 Å². The standard InChI is InChI=1S/C14H14BrFO3/c15-11-7-8(5-6-12(11)16)13(17)9-3-1-2-4-10(9)14(18)19/h1-2,5-7,9-10,13,17H,3-4H2,(H,18,19). The van der Waals surface area contributed by atoms with Crippen LogP contribution >= 0.6 is 15.9 Å². The Hall–Kier alpha value is -1.20. The van der Waals surface area contributed by atoms with Gasteiger partial charge in [0, 0.05) is 5.92 Å². The first-order valence-electron chi connectivity index (χ1n) is 6.01. The minimum absolute atomic E-state index is 0.266. The highest BCUT2D eigenvalue weighted by atomic mass is 79.9. The van der Waals surface area contributed by atoms with Gasteiger partial charge in [0.1, 0.15) is 5.82 Å². The van der Waals surface area contributed by atoms with Crippen LogP contribution in [0.1, 0.15) is 24.5 Å². The summed E-state index contributed by atoms with van der Waals surface area (Å²) in [6.07, 6.45) is 3.71. The van der Waals surface area contributed by atoms with Gasteiger partial charge in [0.05, 0.1) is 16.5 Å². The minimum atomic E-state index is -0.914. The van der Waals surface area contributed by atoms with Crippen LogP contribution in [0.3, 0.4) is 0 Å². The first-order valence-corrected chi connectivity index (χ1v) is 6.81. The van der Waals surface area contributed by atoms with Gasteiger partial charge in [0.25, 0.3) is 0 Å². The molecule has 0 fully saturated rings. The zero-order valence-corrected chi connectivity index (χ0v) is 11.7. The van der Waals surface area contributed by atoms with Crippen LogP contribution in [-0.2, 0) is 4.79 Å². The van der Waals surface area contributed by atoms with Crippen molar-refractivity contribution in [1.29, 1.82) is 0 Å². The van der Waals surface area contributed by atoms with Crippen LogP contribution in [-0.4, -0.2) is 16.2 Å². The summed E-state index contributed by atoms with van der Waals surface area (Å²) < 4.78 is 13.4. The van der Waals surface area contributed by atoms with E-state index in [-0.39, 0.29) is 10.4 Å². The number of hydrogen-bond donors (Lipinski definition) is 2. The van der Waals surface area contributed by atoms with Crippen molar-refractivity contribution in [3.8, 4) is 0 Å². The van der Waals surface area contributed by atoms with Gasteiger partial charge < -0.3 is 10.2 Å². The summed E-state index contributed by atoms with van der Waals surface area (Å²) in [5, 5.41) is 19.5. The zero-order valence-electron chi connectivity index (χ0n) is 10.1. The number of aliphatic hydroxyl groups excluding tert-OH is 1. The minimum Gasteiger partial charge on any atom is -0.481 e. The molecule has 0 spiro atoms. The van der Waals surface area contributed by atoms with E-state index in [9.17, 15) is 19.4 Å². The molecule has 1 aliphatic carbocycles. The molecule has 0 heterocycles. The number of hydrogen-bond acceptors (Lipinski definition) is 2. The number of rotatable bonds is 3. The van der Waals surface area contributed by atoms with E-state index in [2.05, 4.69) is 15.9 Å². The zero-order chi connectivity index (χ0) is 14.0. The summed E-state index contributed by atoms with van der Waals surface area (Å²) in [5.74, 6) is -2.31. The SMILES string of the molecule is O=C(O)C1CC=CCC1C(O)c1ccc(F)c(Br)c1. The maximum atomic E-state index is 13.2. The number of benzene rings is 1. The van der Waals surface area contributed by atoms with Gasteiger partial charge >= 0.3 is 5.97 Å². The third-order valence-electron chi connectivity index (χ3n) is 3.49. The molecule has 2 rings (SSSR count). The van der Waals surface area contributed by atoms with E-state index in [1.165, 1.54) is 18.2 Å².